The molecule has 0 bridgehead atoms. The smallest absolute Gasteiger partial charge is 0.269 e. The largest absolute Gasteiger partial charge is 0.321 e. The predicted octanol–water partition coefficient (Wildman–Crippen LogP) is 6.06. The first-order valence-corrected chi connectivity index (χ1v) is 11.6. The molecule has 1 heterocycles. The Kier molecular flexibility index (Phi) is 7.05. The van der Waals surface area contributed by atoms with E-state index >= 15 is 0 Å². The monoisotopic (exact) mass is 493 g/mol. The van der Waals surface area contributed by atoms with Gasteiger partial charge < -0.3 is 5.32 Å². The van der Waals surface area contributed by atoms with Crippen molar-refractivity contribution in [3.63, 3.8) is 0 Å². The lowest BCUT2D eigenvalue weighted by Crippen LogP contribution is -2.30. The molecule has 5 nitrogen and oxygen atoms in total. The molecule has 1 unspecified atom stereocenters. The van der Waals surface area contributed by atoms with Gasteiger partial charge in [0.15, 0.2) is 0 Å². The average molecular weight is 494 g/mol. The lowest BCUT2D eigenvalue weighted by Gasteiger charge is -2.19. The van der Waals surface area contributed by atoms with Gasteiger partial charge in [0.05, 0.1) is 5.25 Å². The fourth-order valence-electron chi connectivity index (χ4n) is 3.36. The molecule has 1 aliphatic heterocycles. The molecule has 0 spiro atoms. The first-order valence-electron chi connectivity index (χ1n) is 9.97. The maximum atomic E-state index is 13.4. The molecule has 0 aromatic heterocycles. The molecule has 1 fully saturated rings. The van der Waals surface area contributed by atoms with E-state index in [2.05, 4.69) is 5.32 Å². The average Bonchev–Trinajstić information content (AvgIpc) is 3.12. The van der Waals surface area contributed by atoms with Crippen molar-refractivity contribution in [2.75, 3.05) is 10.2 Å². The Morgan fingerprint density at radius 1 is 0.970 bits per heavy atom. The summed E-state index contributed by atoms with van der Waals surface area (Å²) in [6.45, 7) is 0. The molecule has 164 valence electrons. The molecule has 2 amide bonds. The molecular weight excluding hydrogens is 477 g/mol. The van der Waals surface area contributed by atoms with Gasteiger partial charge in [0, 0.05) is 21.4 Å². The number of anilines is 2. The summed E-state index contributed by atoms with van der Waals surface area (Å²) in [5.74, 6) is -0.794. The molecule has 3 aromatic rings. The highest BCUT2D eigenvalue weighted by Gasteiger charge is 2.40. The number of amides is 2. The summed E-state index contributed by atoms with van der Waals surface area (Å²) in [6.07, 6.45) is 0.424. The van der Waals surface area contributed by atoms with Gasteiger partial charge >= 0.3 is 0 Å². The van der Waals surface area contributed by atoms with Gasteiger partial charge in [0.2, 0.25) is 5.91 Å². The highest BCUT2D eigenvalue weighted by molar-refractivity contribution is 8.05. The van der Waals surface area contributed by atoms with E-state index in [0.717, 1.165) is 5.56 Å². The number of carbonyl (C=O) groups excluding carboxylic acids is 2. The first-order chi connectivity index (χ1) is 16.0. The number of nitriles is 1. The van der Waals surface area contributed by atoms with E-state index in [4.69, 9.17) is 23.2 Å². The summed E-state index contributed by atoms with van der Waals surface area (Å²) in [5, 5.41) is 13.5. The summed E-state index contributed by atoms with van der Waals surface area (Å²) in [7, 11) is 0. The molecule has 1 atom stereocenters. The Morgan fingerprint density at radius 2 is 1.58 bits per heavy atom. The van der Waals surface area contributed by atoms with Gasteiger partial charge in [0.25, 0.3) is 5.91 Å². The van der Waals surface area contributed by atoms with Crippen molar-refractivity contribution in [2.45, 2.75) is 11.7 Å². The van der Waals surface area contributed by atoms with E-state index in [1.807, 2.05) is 24.3 Å². The number of nitrogens with one attached hydrogen (secondary N) is 1. The number of para-hydroxylation sites is 1. The lowest BCUT2D eigenvalue weighted by molar-refractivity contribution is -0.117. The molecule has 8 heteroatoms. The molecule has 3 aromatic carbocycles. The Balaban J connectivity index is 1.72. The van der Waals surface area contributed by atoms with E-state index in [-0.39, 0.29) is 16.5 Å². The van der Waals surface area contributed by atoms with Crippen LogP contribution >= 0.6 is 35.0 Å². The Morgan fingerprint density at radius 3 is 2.18 bits per heavy atom. The highest BCUT2D eigenvalue weighted by atomic mass is 35.5. The molecule has 1 saturated heterocycles. The van der Waals surface area contributed by atoms with Gasteiger partial charge in [0.1, 0.15) is 16.7 Å². The first kappa shape index (κ1) is 22.9. The Labute approximate surface area is 205 Å². The van der Waals surface area contributed by atoms with Crippen LogP contribution in [0.3, 0.4) is 0 Å². The number of hydrogen-bond donors (Lipinski definition) is 1. The number of nitrogens with zero attached hydrogens (tertiary/aromatic N) is 2. The number of halogens is 2. The van der Waals surface area contributed by atoms with E-state index in [9.17, 15) is 14.9 Å². The van der Waals surface area contributed by atoms with E-state index in [0.29, 0.717) is 27.8 Å². The predicted molar refractivity (Wildman–Crippen MR) is 133 cm³/mol. The van der Waals surface area contributed by atoms with Crippen molar-refractivity contribution in [3.05, 3.63) is 105 Å². The lowest BCUT2D eigenvalue weighted by atomic mass is 10.1. The second-order valence-corrected chi connectivity index (χ2v) is 9.26. The number of rotatable bonds is 5. The van der Waals surface area contributed by atoms with Crippen LogP contribution in [-0.4, -0.2) is 17.1 Å². The maximum Gasteiger partial charge on any atom is 0.269 e. The zero-order valence-corrected chi connectivity index (χ0v) is 19.5. The second kappa shape index (κ2) is 10.1. The summed E-state index contributed by atoms with van der Waals surface area (Å²) in [4.78, 5) is 27.9. The fourth-order valence-corrected chi connectivity index (χ4v) is 4.92. The SMILES string of the molecule is N#C/C(C(=O)Nc1ccccc1)=C1/SC(Cc2ccc(Cl)cc2)C(=O)N1c1ccc(Cl)cc1. The summed E-state index contributed by atoms with van der Waals surface area (Å²) in [6, 6.07) is 24.8. The van der Waals surface area contributed by atoms with Gasteiger partial charge in [-0.25, -0.2) is 0 Å². The fraction of sp³-hybridized carbons (Fsp3) is 0.0800. The van der Waals surface area contributed by atoms with Crippen molar-refractivity contribution < 1.29 is 9.59 Å². The van der Waals surface area contributed by atoms with Gasteiger partial charge in [-0.2, -0.15) is 5.26 Å². The molecule has 0 aliphatic carbocycles. The third-order valence-electron chi connectivity index (χ3n) is 4.96. The Hall–Kier alpha value is -3.24. The number of carbonyl (C=O) groups is 2. The zero-order valence-electron chi connectivity index (χ0n) is 17.2. The van der Waals surface area contributed by atoms with Crippen LogP contribution in [0.15, 0.2) is 89.5 Å². The summed E-state index contributed by atoms with van der Waals surface area (Å²) < 4.78 is 0. The number of benzene rings is 3. The van der Waals surface area contributed by atoms with Crippen LogP contribution in [0.25, 0.3) is 0 Å². The minimum Gasteiger partial charge on any atom is -0.321 e. The van der Waals surface area contributed by atoms with Crippen LogP contribution in [0.2, 0.25) is 10.0 Å². The van der Waals surface area contributed by atoms with Gasteiger partial charge in [-0.1, -0.05) is 65.3 Å². The van der Waals surface area contributed by atoms with Crippen molar-refractivity contribution >= 4 is 58.2 Å². The molecule has 0 saturated carbocycles. The molecule has 0 radical (unpaired) electrons. The van der Waals surface area contributed by atoms with Gasteiger partial charge in [-0.05, 0) is 60.5 Å². The van der Waals surface area contributed by atoms with Crippen LogP contribution in [0, 0.1) is 11.3 Å². The zero-order chi connectivity index (χ0) is 23.4. The van der Waals surface area contributed by atoms with Crippen LogP contribution < -0.4 is 10.2 Å². The number of hydrogen-bond acceptors (Lipinski definition) is 4. The topological polar surface area (TPSA) is 73.2 Å². The molecule has 1 aliphatic rings. The van der Waals surface area contributed by atoms with E-state index in [1.165, 1.54) is 16.7 Å². The van der Waals surface area contributed by atoms with Crippen LogP contribution in [0.4, 0.5) is 11.4 Å². The van der Waals surface area contributed by atoms with E-state index in [1.54, 1.807) is 60.7 Å². The summed E-state index contributed by atoms with van der Waals surface area (Å²) >= 11 is 13.2. The number of thioether (sulfide) groups is 1. The maximum absolute atomic E-state index is 13.4. The van der Waals surface area contributed by atoms with Crippen molar-refractivity contribution in [1.82, 2.24) is 0 Å². The third kappa shape index (κ3) is 5.23. The van der Waals surface area contributed by atoms with Crippen molar-refractivity contribution in [1.29, 1.82) is 5.26 Å². The standard InChI is InChI=1S/C25H17Cl2N3O2S/c26-17-8-6-16(7-9-17)14-22-24(32)30(20-12-10-18(27)11-13-20)25(33-22)21(15-28)23(31)29-19-4-2-1-3-5-19/h1-13,22H,14H2,(H,29,31)/b25-21-. The minimum atomic E-state index is -0.579. The minimum absolute atomic E-state index is 0.134. The second-order valence-electron chi connectivity index (χ2n) is 7.20. The third-order valence-corrected chi connectivity index (χ3v) is 6.72. The normalized spacial score (nSPS) is 16.9. The van der Waals surface area contributed by atoms with Gasteiger partial charge in [-0.3, -0.25) is 14.5 Å². The molecular formula is C25H17Cl2N3O2S. The molecule has 1 N–H and O–H groups in total. The Bertz CT molecular complexity index is 1250. The quantitative estimate of drug-likeness (QED) is 0.346. The van der Waals surface area contributed by atoms with Crippen LogP contribution in [0.5, 0.6) is 0 Å². The molecule has 4 rings (SSSR count). The van der Waals surface area contributed by atoms with Crippen LogP contribution in [-0.2, 0) is 16.0 Å². The van der Waals surface area contributed by atoms with Crippen molar-refractivity contribution in [3.8, 4) is 6.07 Å². The van der Waals surface area contributed by atoms with Gasteiger partial charge in [-0.15, -0.1) is 0 Å². The van der Waals surface area contributed by atoms with Crippen molar-refractivity contribution in [2.24, 2.45) is 0 Å². The van der Waals surface area contributed by atoms with E-state index < -0.39 is 11.2 Å². The van der Waals surface area contributed by atoms with Crippen LogP contribution in [0.1, 0.15) is 5.56 Å². The summed E-state index contributed by atoms with van der Waals surface area (Å²) in [5.41, 5.74) is 1.88. The molecule has 33 heavy (non-hydrogen) atoms. The highest BCUT2D eigenvalue weighted by Crippen LogP contribution is 2.42.